The molecule has 9 heteroatoms. The van der Waals surface area contributed by atoms with Crippen molar-refractivity contribution in [3.8, 4) is 0 Å². The fraction of sp³-hybridized carbons (Fsp3) is 0.545. The van der Waals surface area contributed by atoms with Gasteiger partial charge in [0.2, 0.25) is 10.0 Å². The van der Waals surface area contributed by atoms with Crippen molar-refractivity contribution < 1.29 is 18.3 Å². The zero-order valence-corrected chi connectivity index (χ0v) is 13.8. The number of rotatable bonds is 3. The van der Waals surface area contributed by atoms with E-state index in [-0.39, 0.29) is 35.8 Å². The molecule has 1 N–H and O–H groups in total. The van der Waals surface area contributed by atoms with E-state index < -0.39 is 16.1 Å². The third-order valence-corrected chi connectivity index (χ3v) is 5.58. The molecular formula is C11H14BrClN2O4S. The molecule has 1 fully saturated rings. The van der Waals surface area contributed by atoms with Crippen LogP contribution in [0.15, 0.2) is 21.6 Å². The standard InChI is InChI=1S/C11H14BrClN2O4S/c1-7-4-15(5-9(6-16)19-7)20(17,18)10-2-8(12)3-14-11(10)13/h2-3,7,9,16H,4-6H2,1H3. The van der Waals surface area contributed by atoms with Crippen LogP contribution in [0.1, 0.15) is 6.92 Å². The van der Waals surface area contributed by atoms with Crippen molar-refractivity contribution in [2.24, 2.45) is 0 Å². The van der Waals surface area contributed by atoms with Crippen LogP contribution in [0.25, 0.3) is 0 Å². The molecule has 0 saturated carbocycles. The zero-order valence-electron chi connectivity index (χ0n) is 10.7. The molecular weight excluding hydrogens is 372 g/mol. The van der Waals surface area contributed by atoms with Gasteiger partial charge >= 0.3 is 0 Å². The molecule has 1 aromatic rings. The minimum absolute atomic E-state index is 0.0562. The Hall–Kier alpha value is -0.250. The summed E-state index contributed by atoms with van der Waals surface area (Å²) in [4.78, 5) is 3.77. The SMILES string of the molecule is CC1CN(S(=O)(=O)c2cc(Br)cnc2Cl)CC(CO)O1. The van der Waals surface area contributed by atoms with Crippen LogP contribution in [0.4, 0.5) is 0 Å². The van der Waals surface area contributed by atoms with E-state index in [2.05, 4.69) is 20.9 Å². The number of ether oxygens (including phenoxy) is 1. The highest BCUT2D eigenvalue weighted by atomic mass is 79.9. The van der Waals surface area contributed by atoms with Crippen molar-refractivity contribution >= 4 is 37.6 Å². The summed E-state index contributed by atoms with van der Waals surface area (Å²) in [6.07, 6.45) is 0.599. The molecule has 20 heavy (non-hydrogen) atoms. The molecule has 2 atom stereocenters. The van der Waals surface area contributed by atoms with E-state index in [1.165, 1.54) is 16.6 Å². The lowest BCUT2D eigenvalue weighted by Gasteiger charge is -2.35. The summed E-state index contributed by atoms with van der Waals surface area (Å²) in [6.45, 7) is 1.82. The van der Waals surface area contributed by atoms with Crippen LogP contribution in [0.3, 0.4) is 0 Å². The maximum atomic E-state index is 12.6. The van der Waals surface area contributed by atoms with E-state index in [1.807, 2.05) is 0 Å². The summed E-state index contributed by atoms with van der Waals surface area (Å²) in [5.41, 5.74) is 0. The average molecular weight is 386 g/mol. The highest BCUT2D eigenvalue weighted by Crippen LogP contribution is 2.27. The van der Waals surface area contributed by atoms with Gasteiger partial charge < -0.3 is 9.84 Å². The van der Waals surface area contributed by atoms with Gasteiger partial charge in [0, 0.05) is 23.8 Å². The van der Waals surface area contributed by atoms with Crippen molar-refractivity contribution in [3.05, 3.63) is 21.9 Å². The zero-order chi connectivity index (χ0) is 14.9. The van der Waals surface area contributed by atoms with Gasteiger partial charge in [0.05, 0.1) is 18.8 Å². The van der Waals surface area contributed by atoms with Crippen LogP contribution in [-0.2, 0) is 14.8 Å². The molecule has 1 aliphatic rings. The molecule has 0 amide bonds. The van der Waals surface area contributed by atoms with Gasteiger partial charge in [0.15, 0.2) is 0 Å². The van der Waals surface area contributed by atoms with Crippen LogP contribution in [0.5, 0.6) is 0 Å². The van der Waals surface area contributed by atoms with Gasteiger partial charge in [-0.05, 0) is 28.9 Å². The number of aromatic nitrogens is 1. The molecule has 0 aromatic carbocycles. The van der Waals surface area contributed by atoms with Crippen molar-refractivity contribution in [3.63, 3.8) is 0 Å². The second-order valence-corrected chi connectivity index (χ2v) is 7.70. The number of hydrogen-bond acceptors (Lipinski definition) is 5. The summed E-state index contributed by atoms with van der Waals surface area (Å²) in [5.74, 6) is 0. The van der Waals surface area contributed by atoms with Crippen LogP contribution < -0.4 is 0 Å². The predicted octanol–water partition coefficient (Wildman–Crippen LogP) is 1.27. The highest BCUT2D eigenvalue weighted by molar-refractivity contribution is 9.10. The van der Waals surface area contributed by atoms with E-state index in [0.29, 0.717) is 4.47 Å². The van der Waals surface area contributed by atoms with Gasteiger partial charge in [-0.2, -0.15) is 4.31 Å². The Bertz CT molecular complexity index is 598. The molecule has 0 aliphatic carbocycles. The fourth-order valence-corrected chi connectivity index (χ4v) is 4.49. The van der Waals surface area contributed by atoms with E-state index in [9.17, 15) is 8.42 Å². The minimum atomic E-state index is -3.77. The summed E-state index contributed by atoms with van der Waals surface area (Å²) < 4.78 is 32.4. The van der Waals surface area contributed by atoms with E-state index in [4.69, 9.17) is 21.4 Å². The Morgan fingerprint density at radius 3 is 2.95 bits per heavy atom. The van der Waals surface area contributed by atoms with Gasteiger partial charge in [0.1, 0.15) is 10.0 Å². The van der Waals surface area contributed by atoms with E-state index in [0.717, 1.165) is 0 Å². The number of morpholine rings is 1. The smallest absolute Gasteiger partial charge is 0.246 e. The molecule has 6 nitrogen and oxygen atoms in total. The Balaban J connectivity index is 2.36. The minimum Gasteiger partial charge on any atom is -0.394 e. The Labute approximate surface area is 130 Å². The van der Waals surface area contributed by atoms with Gasteiger partial charge in [-0.15, -0.1) is 0 Å². The second kappa shape index (κ2) is 6.25. The van der Waals surface area contributed by atoms with Crippen molar-refractivity contribution in [1.82, 2.24) is 9.29 Å². The molecule has 1 saturated heterocycles. The van der Waals surface area contributed by atoms with Gasteiger partial charge in [-0.3, -0.25) is 0 Å². The quantitative estimate of drug-likeness (QED) is 0.793. The molecule has 0 radical (unpaired) electrons. The lowest BCUT2D eigenvalue weighted by atomic mass is 10.2. The van der Waals surface area contributed by atoms with Crippen molar-refractivity contribution in [2.75, 3.05) is 19.7 Å². The summed E-state index contributed by atoms with van der Waals surface area (Å²) in [6, 6.07) is 1.42. The normalized spacial score (nSPS) is 24.8. The number of sulfonamides is 1. The Kier molecular flexibility index (Phi) is 5.04. The number of aliphatic hydroxyl groups is 1. The third kappa shape index (κ3) is 3.32. The first-order valence-corrected chi connectivity index (χ1v) is 8.53. The van der Waals surface area contributed by atoms with Crippen LogP contribution >= 0.6 is 27.5 Å². The first-order chi connectivity index (χ1) is 9.34. The molecule has 112 valence electrons. The largest absolute Gasteiger partial charge is 0.394 e. The molecule has 1 aliphatic heterocycles. The lowest BCUT2D eigenvalue weighted by molar-refractivity contribution is -0.0750. The second-order valence-electron chi connectivity index (χ2n) is 4.52. The van der Waals surface area contributed by atoms with Crippen LogP contribution in [0.2, 0.25) is 5.15 Å². The number of halogens is 2. The predicted molar refractivity (Wildman–Crippen MR) is 77.1 cm³/mol. The summed E-state index contributed by atoms with van der Waals surface area (Å²) in [5, 5.41) is 9.09. The maximum Gasteiger partial charge on any atom is 0.246 e. The Morgan fingerprint density at radius 2 is 2.30 bits per heavy atom. The maximum absolute atomic E-state index is 12.6. The van der Waals surface area contributed by atoms with Gasteiger partial charge in [-0.1, -0.05) is 11.6 Å². The average Bonchev–Trinajstić information content (AvgIpc) is 2.40. The van der Waals surface area contributed by atoms with Gasteiger partial charge in [-0.25, -0.2) is 13.4 Å². The summed E-state index contributed by atoms with van der Waals surface area (Å²) in [7, 11) is -3.77. The molecule has 2 rings (SSSR count). The molecule has 2 heterocycles. The first-order valence-electron chi connectivity index (χ1n) is 5.92. The third-order valence-electron chi connectivity index (χ3n) is 2.89. The molecule has 2 unspecified atom stereocenters. The molecule has 0 bridgehead atoms. The van der Waals surface area contributed by atoms with Crippen LogP contribution in [0, 0.1) is 0 Å². The van der Waals surface area contributed by atoms with Crippen LogP contribution in [-0.4, -0.2) is 54.7 Å². The summed E-state index contributed by atoms with van der Waals surface area (Å²) >= 11 is 9.07. The van der Waals surface area contributed by atoms with Crippen molar-refractivity contribution in [1.29, 1.82) is 0 Å². The van der Waals surface area contributed by atoms with E-state index in [1.54, 1.807) is 6.92 Å². The highest BCUT2D eigenvalue weighted by Gasteiger charge is 2.35. The van der Waals surface area contributed by atoms with Crippen molar-refractivity contribution in [2.45, 2.75) is 24.0 Å². The number of pyridine rings is 1. The molecule has 1 aromatic heterocycles. The number of nitrogens with zero attached hydrogens (tertiary/aromatic N) is 2. The number of hydrogen-bond donors (Lipinski definition) is 1. The fourth-order valence-electron chi connectivity index (χ4n) is 2.02. The Morgan fingerprint density at radius 1 is 1.60 bits per heavy atom. The first kappa shape index (κ1) is 16.1. The van der Waals surface area contributed by atoms with E-state index >= 15 is 0 Å². The molecule has 0 spiro atoms. The van der Waals surface area contributed by atoms with Gasteiger partial charge in [0.25, 0.3) is 0 Å². The topological polar surface area (TPSA) is 79.7 Å². The monoisotopic (exact) mass is 384 g/mol. The number of aliphatic hydroxyl groups excluding tert-OH is 1. The lowest BCUT2D eigenvalue weighted by Crippen LogP contribution is -2.50.